The molecule has 2 aromatic rings. The maximum atomic E-state index is 12.0. The Morgan fingerprint density at radius 1 is 1.22 bits per heavy atom. The van der Waals surface area contributed by atoms with Crippen LogP contribution in [-0.2, 0) is 0 Å². The van der Waals surface area contributed by atoms with E-state index in [0.717, 1.165) is 4.47 Å². The van der Waals surface area contributed by atoms with Gasteiger partial charge in [0.25, 0.3) is 5.91 Å². The molecule has 1 N–H and O–H groups in total. The lowest BCUT2D eigenvalue weighted by Gasteiger charge is -2.07. The van der Waals surface area contributed by atoms with Gasteiger partial charge < -0.3 is 5.32 Å². The molecule has 1 aromatic heterocycles. The Hall–Kier alpha value is -0.910. The zero-order valence-electron chi connectivity index (χ0n) is 8.95. The SMILES string of the molecule is O=C(Nc1cc(Cl)ccc1Br)c1ccc(Br)nc1. The minimum atomic E-state index is -0.238. The first-order chi connectivity index (χ1) is 8.56. The number of aromatic nitrogens is 1. The highest BCUT2D eigenvalue weighted by atomic mass is 79.9. The van der Waals surface area contributed by atoms with Gasteiger partial charge in [0.05, 0.1) is 11.3 Å². The highest BCUT2D eigenvalue weighted by Crippen LogP contribution is 2.26. The van der Waals surface area contributed by atoms with Crippen molar-refractivity contribution >= 4 is 55.1 Å². The molecular weight excluding hydrogens is 383 g/mol. The predicted molar refractivity (Wildman–Crippen MR) is 79.0 cm³/mol. The monoisotopic (exact) mass is 388 g/mol. The van der Waals surface area contributed by atoms with E-state index in [1.54, 1.807) is 30.3 Å². The van der Waals surface area contributed by atoms with Gasteiger partial charge in [0.1, 0.15) is 4.60 Å². The number of nitrogens with one attached hydrogen (secondary N) is 1. The average molecular weight is 390 g/mol. The van der Waals surface area contributed by atoms with E-state index in [1.165, 1.54) is 6.20 Å². The summed E-state index contributed by atoms with van der Waals surface area (Å²) in [4.78, 5) is 16.0. The summed E-state index contributed by atoms with van der Waals surface area (Å²) in [6, 6.07) is 8.59. The molecule has 0 bridgehead atoms. The molecule has 1 aromatic carbocycles. The molecule has 0 unspecified atom stereocenters. The summed E-state index contributed by atoms with van der Waals surface area (Å²) in [6.07, 6.45) is 1.50. The maximum absolute atomic E-state index is 12.0. The summed E-state index contributed by atoms with van der Waals surface area (Å²) in [6.45, 7) is 0. The summed E-state index contributed by atoms with van der Waals surface area (Å²) in [5.74, 6) is -0.238. The van der Waals surface area contributed by atoms with Crippen LogP contribution in [0.3, 0.4) is 0 Å². The van der Waals surface area contributed by atoms with Crippen molar-refractivity contribution in [2.45, 2.75) is 0 Å². The first-order valence-corrected chi connectivity index (χ1v) is 6.90. The molecular formula is C12H7Br2ClN2O. The lowest BCUT2D eigenvalue weighted by molar-refractivity contribution is 0.102. The fraction of sp³-hybridized carbons (Fsp3) is 0. The smallest absolute Gasteiger partial charge is 0.257 e. The van der Waals surface area contributed by atoms with Gasteiger partial charge >= 0.3 is 0 Å². The number of halogens is 3. The van der Waals surface area contributed by atoms with Crippen LogP contribution in [0.2, 0.25) is 5.02 Å². The van der Waals surface area contributed by atoms with Crippen LogP contribution < -0.4 is 5.32 Å². The molecule has 0 fully saturated rings. The second-order valence-corrected chi connectivity index (χ2v) is 5.55. The van der Waals surface area contributed by atoms with Crippen LogP contribution in [0, 0.1) is 0 Å². The molecule has 1 heterocycles. The molecule has 2 rings (SSSR count). The molecule has 0 atom stereocenters. The van der Waals surface area contributed by atoms with Crippen molar-refractivity contribution in [3.8, 4) is 0 Å². The molecule has 18 heavy (non-hydrogen) atoms. The second-order valence-electron chi connectivity index (χ2n) is 3.45. The summed E-state index contributed by atoms with van der Waals surface area (Å²) >= 11 is 12.4. The Kier molecular flexibility index (Phi) is 4.37. The van der Waals surface area contributed by atoms with Crippen molar-refractivity contribution in [2.24, 2.45) is 0 Å². The van der Waals surface area contributed by atoms with E-state index in [2.05, 4.69) is 42.2 Å². The van der Waals surface area contributed by atoms with Crippen molar-refractivity contribution in [3.05, 3.63) is 56.2 Å². The molecule has 0 radical (unpaired) electrons. The molecule has 3 nitrogen and oxygen atoms in total. The third-order valence-electron chi connectivity index (χ3n) is 2.17. The van der Waals surface area contributed by atoms with Crippen LogP contribution >= 0.6 is 43.5 Å². The normalized spacial score (nSPS) is 10.2. The summed E-state index contributed by atoms with van der Waals surface area (Å²) in [5.41, 5.74) is 1.10. The fourth-order valence-corrected chi connectivity index (χ4v) is 2.05. The van der Waals surface area contributed by atoms with Gasteiger partial charge in [0, 0.05) is 15.7 Å². The average Bonchev–Trinajstić information content (AvgIpc) is 2.34. The van der Waals surface area contributed by atoms with Crippen LogP contribution in [0.4, 0.5) is 5.69 Å². The van der Waals surface area contributed by atoms with Gasteiger partial charge in [0.2, 0.25) is 0 Å². The molecule has 0 aliphatic carbocycles. The molecule has 0 aliphatic heterocycles. The van der Waals surface area contributed by atoms with Crippen LogP contribution in [0.25, 0.3) is 0 Å². The van der Waals surface area contributed by atoms with Crippen molar-refractivity contribution in [3.63, 3.8) is 0 Å². The fourth-order valence-electron chi connectivity index (χ4n) is 1.30. The van der Waals surface area contributed by atoms with Crippen molar-refractivity contribution < 1.29 is 4.79 Å². The van der Waals surface area contributed by atoms with E-state index in [0.29, 0.717) is 20.9 Å². The van der Waals surface area contributed by atoms with E-state index in [1.807, 2.05) is 0 Å². The third kappa shape index (κ3) is 3.31. The van der Waals surface area contributed by atoms with Crippen LogP contribution in [0.15, 0.2) is 45.6 Å². The number of hydrogen-bond acceptors (Lipinski definition) is 2. The number of pyridine rings is 1. The molecule has 0 spiro atoms. The van der Waals surface area contributed by atoms with Gasteiger partial charge in [-0.25, -0.2) is 4.98 Å². The summed E-state index contributed by atoms with van der Waals surface area (Å²) < 4.78 is 1.45. The van der Waals surface area contributed by atoms with Gasteiger partial charge in [-0.3, -0.25) is 4.79 Å². The van der Waals surface area contributed by atoms with E-state index >= 15 is 0 Å². The van der Waals surface area contributed by atoms with Gasteiger partial charge in [0.15, 0.2) is 0 Å². The zero-order chi connectivity index (χ0) is 13.1. The first-order valence-electron chi connectivity index (χ1n) is 4.94. The number of carbonyl (C=O) groups is 1. The van der Waals surface area contributed by atoms with Crippen LogP contribution in [0.5, 0.6) is 0 Å². The molecule has 6 heteroatoms. The Morgan fingerprint density at radius 2 is 2.00 bits per heavy atom. The molecule has 92 valence electrons. The molecule has 0 saturated heterocycles. The van der Waals surface area contributed by atoms with Gasteiger partial charge in [-0.15, -0.1) is 0 Å². The largest absolute Gasteiger partial charge is 0.321 e. The second kappa shape index (κ2) is 5.82. The summed E-state index contributed by atoms with van der Waals surface area (Å²) in [7, 11) is 0. The topological polar surface area (TPSA) is 42.0 Å². The number of benzene rings is 1. The maximum Gasteiger partial charge on any atom is 0.257 e. The minimum Gasteiger partial charge on any atom is -0.321 e. The Labute approximate surface area is 126 Å². The number of rotatable bonds is 2. The number of nitrogens with zero attached hydrogens (tertiary/aromatic N) is 1. The van der Waals surface area contributed by atoms with Gasteiger partial charge in [-0.2, -0.15) is 0 Å². The summed E-state index contributed by atoms with van der Waals surface area (Å²) in [5, 5.41) is 3.32. The molecule has 0 aliphatic rings. The zero-order valence-corrected chi connectivity index (χ0v) is 12.9. The highest BCUT2D eigenvalue weighted by molar-refractivity contribution is 9.10. The Balaban J connectivity index is 2.21. The molecule has 1 amide bonds. The Morgan fingerprint density at radius 3 is 2.67 bits per heavy atom. The van der Waals surface area contributed by atoms with Gasteiger partial charge in [-0.05, 0) is 62.2 Å². The van der Waals surface area contributed by atoms with Gasteiger partial charge in [-0.1, -0.05) is 11.6 Å². The van der Waals surface area contributed by atoms with E-state index in [4.69, 9.17) is 11.6 Å². The number of amides is 1. The third-order valence-corrected chi connectivity index (χ3v) is 3.56. The lowest BCUT2D eigenvalue weighted by atomic mass is 10.2. The number of anilines is 1. The van der Waals surface area contributed by atoms with Crippen LogP contribution in [0.1, 0.15) is 10.4 Å². The van der Waals surface area contributed by atoms with Crippen molar-refractivity contribution in [1.29, 1.82) is 0 Å². The lowest BCUT2D eigenvalue weighted by Crippen LogP contribution is -2.12. The van der Waals surface area contributed by atoms with E-state index in [-0.39, 0.29) is 5.91 Å². The predicted octanol–water partition coefficient (Wildman–Crippen LogP) is 4.51. The van der Waals surface area contributed by atoms with Crippen LogP contribution in [-0.4, -0.2) is 10.9 Å². The molecule has 0 saturated carbocycles. The first kappa shape index (κ1) is 13.5. The minimum absolute atomic E-state index is 0.238. The van der Waals surface area contributed by atoms with E-state index in [9.17, 15) is 4.79 Å². The standard InChI is InChI=1S/C12H7Br2ClN2O/c13-9-3-2-8(15)5-10(9)17-12(18)7-1-4-11(14)16-6-7/h1-6H,(H,17,18). The number of carbonyl (C=O) groups excluding carboxylic acids is 1. The Bertz CT molecular complexity index is 587. The quantitative estimate of drug-likeness (QED) is 0.767. The highest BCUT2D eigenvalue weighted by Gasteiger charge is 2.09. The number of hydrogen-bond donors (Lipinski definition) is 1. The van der Waals surface area contributed by atoms with Crippen molar-refractivity contribution in [2.75, 3.05) is 5.32 Å². The van der Waals surface area contributed by atoms with Crippen molar-refractivity contribution in [1.82, 2.24) is 4.98 Å². The van der Waals surface area contributed by atoms with E-state index < -0.39 is 0 Å².